The molecule has 20 heavy (non-hydrogen) atoms. The van der Waals surface area contributed by atoms with Crippen LogP contribution in [-0.2, 0) is 6.54 Å². The number of rotatable bonds is 0. The van der Waals surface area contributed by atoms with Crippen molar-refractivity contribution < 1.29 is 5.11 Å². The highest BCUT2D eigenvalue weighted by Gasteiger charge is 2.18. The van der Waals surface area contributed by atoms with Crippen molar-refractivity contribution in [2.75, 3.05) is 10.6 Å². The van der Waals surface area contributed by atoms with Gasteiger partial charge < -0.3 is 15.7 Å². The van der Waals surface area contributed by atoms with Gasteiger partial charge in [-0.05, 0) is 24.3 Å². The molecule has 2 aromatic carbocycles. The third-order valence-electron chi connectivity index (χ3n) is 3.48. The molecule has 0 aliphatic carbocycles. The number of aromatic hydroxyl groups is 1. The summed E-state index contributed by atoms with van der Waals surface area (Å²) in [6.07, 6.45) is 0. The van der Waals surface area contributed by atoms with Crippen molar-refractivity contribution in [3.05, 3.63) is 47.0 Å². The molecule has 1 aliphatic heterocycles. The lowest BCUT2D eigenvalue weighted by Gasteiger charge is -2.08. The van der Waals surface area contributed by atoms with Gasteiger partial charge in [0.2, 0.25) is 0 Å². The standard InChI is InChI=1S/C15H11ClN2OS/c16-8-4-5-11-12(6-8)18-15-10(7-17-11)9-2-1-3-13(19)14(9)20-15/h1-6,17-19H,7H2. The molecule has 3 N–H and O–H groups in total. The maximum Gasteiger partial charge on any atom is 0.133 e. The van der Waals surface area contributed by atoms with E-state index in [0.29, 0.717) is 10.8 Å². The molecule has 0 bridgehead atoms. The predicted octanol–water partition coefficient (Wildman–Crippen LogP) is 4.93. The number of thiophene rings is 1. The van der Waals surface area contributed by atoms with Gasteiger partial charge in [-0.15, -0.1) is 11.3 Å². The van der Waals surface area contributed by atoms with Crippen LogP contribution in [0.2, 0.25) is 5.02 Å². The predicted molar refractivity (Wildman–Crippen MR) is 85.6 cm³/mol. The van der Waals surface area contributed by atoms with Crippen molar-refractivity contribution in [1.82, 2.24) is 0 Å². The Labute approximate surface area is 124 Å². The van der Waals surface area contributed by atoms with Crippen molar-refractivity contribution in [2.45, 2.75) is 6.54 Å². The number of halogens is 1. The first-order chi connectivity index (χ1) is 9.72. The molecule has 1 aromatic heterocycles. The van der Waals surface area contributed by atoms with E-state index in [-0.39, 0.29) is 0 Å². The molecule has 0 spiro atoms. The summed E-state index contributed by atoms with van der Waals surface area (Å²) in [4.78, 5) is 0. The summed E-state index contributed by atoms with van der Waals surface area (Å²) in [6.45, 7) is 0.723. The van der Waals surface area contributed by atoms with Crippen LogP contribution in [0.1, 0.15) is 5.56 Å². The Morgan fingerprint density at radius 3 is 2.95 bits per heavy atom. The zero-order valence-corrected chi connectivity index (χ0v) is 12.0. The fraction of sp³-hybridized carbons (Fsp3) is 0.0667. The zero-order valence-electron chi connectivity index (χ0n) is 10.4. The van der Waals surface area contributed by atoms with E-state index in [4.69, 9.17) is 11.6 Å². The van der Waals surface area contributed by atoms with Crippen LogP contribution in [0, 0.1) is 0 Å². The topological polar surface area (TPSA) is 44.3 Å². The highest BCUT2D eigenvalue weighted by atomic mass is 35.5. The lowest BCUT2D eigenvalue weighted by atomic mass is 10.1. The van der Waals surface area contributed by atoms with Gasteiger partial charge in [0.05, 0.1) is 21.1 Å². The van der Waals surface area contributed by atoms with Crippen molar-refractivity contribution in [2.24, 2.45) is 0 Å². The summed E-state index contributed by atoms with van der Waals surface area (Å²) in [6, 6.07) is 11.4. The molecular formula is C15H11ClN2OS. The second-order valence-corrected chi connectivity index (χ2v) is 6.19. The van der Waals surface area contributed by atoms with Crippen LogP contribution in [0.3, 0.4) is 0 Å². The largest absolute Gasteiger partial charge is 0.506 e. The molecule has 0 amide bonds. The van der Waals surface area contributed by atoms with Gasteiger partial charge in [-0.1, -0.05) is 23.7 Å². The number of phenolic OH excluding ortho intramolecular Hbond substituents is 1. The van der Waals surface area contributed by atoms with Crippen molar-refractivity contribution >= 4 is 49.4 Å². The van der Waals surface area contributed by atoms with Crippen LogP contribution >= 0.6 is 22.9 Å². The first kappa shape index (κ1) is 11.9. The Kier molecular flexibility index (Phi) is 2.55. The number of phenols is 1. The Hall–Kier alpha value is -1.91. The minimum Gasteiger partial charge on any atom is -0.506 e. The number of hydrogen-bond donors (Lipinski definition) is 3. The quantitative estimate of drug-likeness (QED) is 0.552. The Morgan fingerprint density at radius 1 is 1.15 bits per heavy atom. The molecule has 0 radical (unpaired) electrons. The van der Waals surface area contributed by atoms with E-state index in [1.165, 1.54) is 5.56 Å². The average molecular weight is 303 g/mol. The number of nitrogens with one attached hydrogen (secondary N) is 2. The maximum atomic E-state index is 9.97. The van der Waals surface area contributed by atoms with Gasteiger partial charge in [0.1, 0.15) is 5.75 Å². The van der Waals surface area contributed by atoms with E-state index in [9.17, 15) is 5.11 Å². The van der Waals surface area contributed by atoms with Crippen LogP contribution in [0.5, 0.6) is 5.75 Å². The summed E-state index contributed by atoms with van der Waals surface area (Å²) >= 11 is 7.62. The molecule has 0 unspecified atom stereocenters. The van der Waals surface area contributed by atoms with Gasteiger partial charge in [-0.25, -0.2) is 0 Å². The van der Waals surface area contributed by atoms with Gasteiger partial charge in [-0.2, -0.15) is 0 Å². The van der Waals surface area contributed by atoms with Crippen LogP contribution < -0.4 is 10.6 Å². The smallest absolute Gasteiger partial charge is 0.133 e. The summed E-state index contributed by atoms with van der Waals surface area (Å²) in [7, 11) is 0. The third-order valence-corrected chi connectivity index (χ3v) is 4.90. The molecular weight excluding hydrogens is 292 g/mol. The van der Waals surface area contributed by atoms with Gasteiger partial charge in [-0.3, -0.25) is 0 Å². The van der Waals surface area contributed by atoms with Gasteiger partial charge >= 0.3 is 0 Å². The van der Waals surface area contributed by atoms with E-state index in [2.05, 4.69) is 10.6 Å². The fourth-order valence-corrected chi connectivity index (χ4v) is 3.83. The number of benzene rings is 2. The van der Waals surface area contributed by atoms with Crippen LogP contribution in [0.4, 0.5) is 16.4 Å². The number of fused-ring (bicyclic) bond motifs is 4. The summed E-state index contributed by atoms with van der Waals surface area (Å²) < 4.78 is 0.914. The monoisotopic (exact) mass is 302 g/mol. The molecule has 0 atom stereocenters. The highest BCUT2D eigenvalue weighted by molar-refractivity contribution is 7.23. The first-order valence-electron chi connectivity index (χ1n) is 6.26. The van der Waals surface area contributed by atoms with E-state index in [0.717, 1.165) is 33.0 Å². The molecule has 3 aromatic rings. The average Bonchev–Trinajstić information content (AvgIpc) is 2.68. The Bertz CT molecular complexity index is 828. The van der Waals surface area contributed by atoms with E-state index in [1.807, 2.05) is 30.3 Å². The molecule has 100 valence electrons. The fourth-order valence-electron chi connectivity index (χ4n) is 2.51. The lowest BCUT2D eigenvalue weighted by Crippen LogP contribution is -1.96. The van der Waals surface area contributed by atoms with Crippen LogP contribution in [0.25, 0.3) is 10.1 Å². The molecule has 1 aliphatic rings. The van der Waals surface area contributed by atoms with E-state index < -0.39 is 0 Å². The Morgan fingerprint density at radius 2 is 2.05 bits per heavy atom. The molecule has 4 rings (SSSR count). The van der Waals surface area contributed by atoms with Crippen molar-refractivity contribution in [3.63, 3.8) is 0 Å². The molecule has 0 saturated carbocycles. The minimum atomic E-state index is 0.327. The molecule has 5 heteroatoms. The van der Waals surface area contributed by atoms with Crippen molar-refractivity contribution in [1.29, 1.82) is 0 Å². The maximum absolute atomic E-state index is 9.97. The minimum absolute atomic E-state index is 0.327. The third kappa shape index (κ3) is 1.72. The van der Waals surface area contributed by atoms with Gasteiger partial charge in [0, 0.05) is 22.5 Å². The van der Waals surface area contributed by atoms with E-state index >= 15 is 0 Å². The molecule has 2 heterocycles. The first-order valence-corrected chi connectivity index (χ1v) is 7.45. The number of hydrogen-bond acceptors (Lipinski definition) is 4. The SMILES string of the molecule is Oc1cccc2c3c(sc12)Nc1cc(Cl)ccc1NC3. The van der Waals surface area contributed by atoms with E-state index in [1.54, 1.807) is 17.4 Å². The van der Waals surface area contributed by atoms with Crippen molar-refractivity contribution in [3.8, 4) is 5.75 Å². The van der Waals surface area contributed by atoms with Gasteiger partial charge in [0.25, 0.3) is 0 Å². The van der Waals surface area contributed by atoms with Crippen LogP contribution in [0.15, 0.2) is 36.4 Å². The second-order valence-electron chi connectivity index (χ2n) is 4.73. The lowest BCUT2D eigenvalue weighted by molar-refractivity contribution is 0.482. The van der Waals surface area contributed by atoms with Crippen LogP contribution in [-0.4, -0.2) is 5.11 Å². The molecule has 0 fully saturated rings. The Balaban J connectivity index is 1.92. The second kappa shape index (κ2) is 4.30. The normalized spacial score (nSPS) is 13.1. The molecule has 0 saturated heterocycles. The van der Waals surface area contributed by atoms with Gasteiger partial charge in [0.15, 0.2) is 0 Å². The summed E-state index contributed by atoms with van der Waals surface area (Å²) in [5.41, 5.74) is 3.17. The highest BCUT2D eigenvalue weighted by Crippen LogP contribution is 2.44. The number of anilines is 3. The molecule has 3 nitrogen and oxygen atoms in total. The zero-order chi connectivity index (χ0) is 13.7. The summed E-state index contributed by atoms with van der Waals surface area (Å²) in [5.74, 6) is 0.327. The summed E-state index contributed by atoms with van der Waals surface area (Å²) in [5, 5.41) is 19.6.